The molecule has 0 amide bonds. The van der Waals surface area contributed by atoms with E-state index in [1.54, 1.807) is 6.26 Å². The van der Waals surface area contributed by atoms with E-state index >= 15 is 0 Å². The van der Waals surface area contributed by atoms with Gasteiger partial charge in [-0.25, -0.2) is 4.98 Å². The van der Waals surface area contributed by atoms with E-state index in [0.717, 1.165) is 23.9 Å². The molecule has 1 aliphatic rings. The van der Waals surface area contributed by atoms with Gasteiger partial charge >= 0.3 is 0 Å². The van der Waals surface area contributed by atoms with E-state index in [2.05, 4.69) is 29.2 Å². The fourth-order valence-electron chi connectivity index (χ4n) is 2.28. The Labute approximate surface area is 103 Å². The summed E-state index contributed by atoms with van der Waals surface area (Å²) in [4.78, 5) is 6.94. The van der Waals surface area contributed by atoms with Gasteiger partial charge in [0, 0.05) is 12.5 Å². The van der Waals surface area contributed by atoms with Crippen LogP contribution in [0.15, 0.2) is 10.7 Å². The topological polar surface area (TPSA) is 41.3 Å². The number of hydrogen-bond donors (Lipinski definition) is 1. The Balaban J connectivity index is 1.88. The minimum absolute atomic E-state index is 0.269. The molecular weight excluding hydrogens is 214 g/mol. The van der Waals surface area contributed by atoms with Crippen molar-refractivity contribution in [2.24, 2.45) is 5.92 Å². The maximum absolute atomic E-state index is 5.55. The Morgan fingerprint density at radius 2 is 2.24 bits per heavy atom. The molecule has 1 aromatic rings. The summed E-state index contributed by atoms with van der Waals surface area (Å²) in [5.74, 6) is 1.64. The monoisotopic (exact) mass is 237 g/mol. The smallest absolute Gasteiger partial charge is 0.194 e. The summed E-state index contributed by atoms with van der Waals surface area (Å²) in [5, 5.41) is 3.17. The number of oxazole rings is 1. The minimum atomic E-state index is 0.269. The third kappa shape index (κ3) is 3.30. The SMILES string of the molecule is CNC(C)c1coc(CC2CCN(C)CC2)n1. The van der Waals surface area contributed by atoms with Crippen molar-refractivity contribution < 1.29 is 4.42 Å². The first-order valence-corrected chi connectivity index (χ1v) is 6.49. The van der Waals surface area contributed by atoms with Crippen LogP contribution in [0.5, 0.6) is 0 Å². The Kier molecular flexibility index (Phi) is 4.18. The summed E-state index contributed by atoms with van der Waals surface area (Å²) >= 11 is 0. The predicted molar refractivity (Wildman–Crippen MR) is 67.9 cm³/mol. The van der Waals surface area contributed by atoms with Crippen LogP contribution in [0, 0.1) is 5.92 Å². The molecule has 4 heteroatoms. The summed E-state index contributed by atoms with van der Waals surface area (Å²) in [7, 11) is 4.13. The zero-order valence-electron chi connectivity index (χ0n) is 11.1. The molecule has 1 fully saturated rings. The van der Waals surface area contributed by atoms with Crippen LogP contribution in [0.2, 0.25) is 0 Å². The molecule has 1 atom stereocenters. The van der Waals surface area contributed by atoms with Crippen molar-refractivity contribution in [3.63, 3.8) is 0 Å². The molecular formula is C13H23N3O. The quantitative estimate of drug-likeness (QED) is 0.867. The van der Waals surface area contributed by atoms with Crippen molar-refractivity contribution in [1.29, 1.82) is 0 Å². The van der Waals surface area contributed by atoms with Gasteiger partial charge in [0.05, 0.1) is 5.69 Å². The van der Waals surface area contributed by atoms with E-state index in [1.807, 2.05) is 7.05 Å². The number of nitrogens with one attached hydrogen (secondary N) is 1. The Morgan fingerprint density at radius 3 is 2.88 bits per heavy atom. The van der Waals surface area contributed by atoms with E-state index in [-0.39, 0.29) is 6.04 Å². The molecule has 1 aromatic heterocycles. The van der Waals surface area contributed by atoms with Gasteiger partial charge in [0.1, 0.15) is 6.26 Å². The third-order valence-corrected chi connectivity index (χ3v) is 3.75. The predicted octanol–water partition coefficient (Wildman–Crippen LogP) is 1.84. The van der Waals surface area contributed by atoms with Crippen molar-refractivity contribution >= 4 is 0 Å². The van der Waals surface area contributed by atoms with Crippen molar-refractivity contribution in [2.45, 2.75) is 32.2 Å². The van der Waals surface area contributed by atoms with Crippen molar-refractivity contribution in [3.05, 3.63) is 17.8 Å². The lowest BCUT2D eigenvalue weighted by atomic mass is 9.94. The van der Waals surface area contributed by atoms with E-state index in [0.29, 0.717) is 0 Å². The van der Waals surface area contributed by atoms with Crippen LogP contribution in [0.1, 0.15) is 37.4 Å². The fourth-order valence-corrected chi connectivity index (χ4v) is 2.28. The first-order chi connectivity index (χ1) is 8.19. The summed E-state index contributed by atoms with van der Waals surface area (Å²) in [6.07, 6.45) is 5.29. The van der Waals surface area contributed by atoms with Gasteiger partial charge in [0.25, 0.3) is 0 Å². The van der Waals surface area contributed by atoms with Crippen LogP contribution < -0.4 is 5.32 Å². The highest BCUT2D eigenvalue weighted by molar-refractivity contribution is 5.02. The number of nitrogens with zero attached hydrogens (tertiary/aromatic N) is 2. The number of hydrogen-bond acceptors (Lipinski definition) is 4. The second kappa shape index (κ2) is 5.65. The van der Waals surface area contributed by atoms with Crippen LogP contribution in [-0.2, 0) is 6.42 Å². The molecule has 0 aliphatic carbocycles. The zero-order chi connectivity index (χ0) is 12.3. The molecule has 0 aromatic carbocycles. The molecule has 2 rings (SSSR count). The molecule has 17 heavy (non-hydrogen) atoms. The molecule has 0 spiro atoms. The Morgan fingerprint density at radius 1 is 1.53 bits per heavy atom. The van der Waals surface area contributed by atoms with Gasteiger partial charge in [-0.2, -0.15) is 0 Å². The average molecular weight is 237 g/mol. The Hall–Kier alpha value is -0.870. The normalized spacial score (nSPS) is 20.6. The van der Waals surface area contributed by atoms with Crippen LogP contribution in [-0.4, -0.2) is 37.1 Å². The van der Waals surface area contributed by atoms with E-state index in [9.17, 15) is 0 Å². The molecule has 1 saturated heterocycles. The number of likely N-dealkylation sites (tertiary alicyclic amines) is 1. The molecule has 1 unspecified atom stereocenters. The molecule has 96 valence electrons. The largest absolute Gasteiger partial charge is 0.449 e. The van der Waals surface area contributed by atoms with Crippen molar-refractivity contribution in [1.82, 2.24) is 15.2 Å². The molecule has 0 radical (unpaired) electrons. The summed E-state index contributed by atoms with van der Waals surface area (Å²) in [6.45, 7) is 4.49. The highest BCUT2D eigenvalue weighted by atomic mass is 16.3. The van der Waals surface area contributed by atoms with Gasteiger partial charge in [-0.05, 0) is 52.9 Å². The van der Waals surface area contributed by atoms with Crippen LogP contribution in [0.4, 0.5) is 0 Å². The number of aromatic nitrogens is 1. The lowest BCUT2D eigenvalue weighted by Gasteiger charge is -2.28. The van der Waals surface area contributed by atoms with Crippen LogP contribution in [0.25, 0.3) is 0 Å². The zero-order valence-corrected chi connectivity index (χ0v) is 11.1. The van der Waals surface area contributed by atoms with Gasteiger partial charge in [-0.1, -0.05) is 0 Å². The molecule has 0 saturated carbocycles. The van der Waals surface area contributed by atoms with Gasteiger partial charge in [0.2, 0.25) is 0 Å². The van der Waals surface area contributed by atoms with Gasteiger partial charge in [-0.3, -0.25) is 0 Å². The van der Waals surface area contributed by atoms with E-state index in [4.69, 9.17) is 4.42 Å². The highest BCUT2D eigenvalue weighted by Crippen LogP contribution is 2.21. The van der Waals surface area contributed by atoms with Crippen LogP contribution >= 0.6 is 0 Å². The number of piperidine rings is 1. The maximum atomic E-state index is 5.55. The summed E-state index contributed by atoms with van der Waals surface area (Å²) in [6, 6.07) is 0.269. The Bertz CT molecular complexity index is 342. The van der Waals surface area contributed by atoms with Crippen LogP contribution in [0.3, 0.4) is 0 Å². The van der Waals surface area contributed by atoms with Gasteiger partial charge < -0.3 is 14.6 Å². The standard InChI is InChI=1S/C13H23N3O/c1-10(14-2)12-9-17-13(15-12)8-11-4-6-16(3)7-5-11/h9-11,14H,4-8H2,1-3H3. The van der Waals surface area contributed by atoms with Crippen molar-refractivity contribution in [2.75, 3.05) is 27.2 Å². The van der Waals surface area contributed by atoms with Crippen molar-refractivity contribution in [3.8, 4) is 0 Å². The fraction of sp³-hybridized carbons (Fsp3) is 0.769. The molecule has 1 aliphatic heterocycles. The second-order valence-electron chi connectivity index (χ2n) is 5.13. The minimum Gasteiger partial charge on any atom is -0.449 e. The van der Waals surface area contributed by atoms with E-state index < -0.39 is 0 Å². The average Bonchev–Trinajstić information content (AvgIpc) is 2.80. The molecule has 4 nitrogen and oxygen atoms in total. The molecule has 1 N–H and O–H groups in total. The highest BCUT2D eigenvalue weighted by Gasteiger charge is 2.19. The third-order valence-electron chi connectivity index (χ3n) is 3.75. The number of rotatable bonds is 4. The lowest BCUT2D eigenvalue weighted by molar-refractivity contribution is 0.212. The first-order valence-electron chi connectivity index (χ1n) is 6.49. The molecule has 2 heterocycles. The maximum Gasteiger partial charge on any atom is 0.194 e. The summed E-state index contributed by atoms with van der Waals surface area (Å²) < 4.78 is 5.55. The molecule has 0 bridgehead atoms. The summed E-state index contributed by atoms with van der Waals surface area (Å²) in [5.41, 5.74) is 1.01. The van der Waals surface area contributed by atoms with Gasteiger partial charge in [0.15, 0.2) is 5.89 Å². The van der Waals surface area contributed by atoms with Gasteiger partial charge in [-0.15, -0.1) is 0 Å². The second-order valence-corrected chi connectivity index (χ2v) is 5.13. The lowest BCUT2D eigenvalue weighted by Crippen LogP contribution is -2.31. The first kappa shape index (κ1) is 12.6. The van der Waals surface area contributed by atoms with E-state index in [1.165, 1.54) is 25.9 Å².